The van der Waals surface area contributed by atoms with E-state index in [2.05, 4.69) is 15.6 Å². The van der Waals surface area contributed by atoms with Crippen molar-refractivity contribution in [2.45, 2.75) is 31.9 Å². The largest absolute Gasteiger partial charge is 0.327 e. The summed E-state index contributed by atoms with van der Waals surface area (Å²) in [4.78, 5) is 13.8. The fourth-order valence-electron chi connectivity index (χ4n) is 2.98. The van der Waals surface area contributed by atoms with Crippen LogP contribution in [-0.4, -0.2) is 51.9 Å². The van der Waals surface area contributed by atoms with Gasteiger partial charge in [-0.05, 0) is 31.5 Å². The number of aromatic nitrogens is 3. The van der Waals surface area contributed by atoms with Gasteiger partial charge >= 0.3 is 0 Å². The van der Waals surface area contributed by atoms with Gasteiger partial charge in [0.25, 0.3) is 12.3 Å². The summed E-state index contributed by atoms with van der Waals surface area (Å²) in [6, 6.07) is 9.26. The summed E-state index contributed by atoms with van der Waals surface area (Å²) in [6.07, 6.45) is 0.776. The lowest BCUT2D eigenvalue weighted by molar-refractivity contribution is 0.0530. The normalized spacial score (nSPS) is 14.9. The minimum absolute atomic E-state index is 0. The first-order valence-electron chi connectivity index (χ1n) is 8.37. The highest BCUT2D eigenvalue weighted by Gasteiger charge is 2.24. The molecule has 0 saturated carbocycles. The molecule has 9 heteroatoms. The van der Waals surface area contributed by atoms with Gasteiger partial charge in [0.05, 0.1) is 18.8 Å². The Hall–Kier alpha value is -2.06. The van der Waals surface area contributed by atoms with Crippen molar-refractivity contribution < 1.29 is 13.6 Å². The van der Waals surface area contributed by atoms with Crippen molar-refractivity contribution in [3.05, 3.63) is 47.8 Å². The number of nitrogens with zero attached hydrogens (tertiary/aromatic N) is 4. The molecule has 1 N–H and O–H groups in total. The van der Waals surface area contributed by atoms with Crippen LogP contribution in [0.4, 0.5) is 8.78 Å². The summed E-state index contributed by atoms with van der Waals surface area (Å²) in [6.45, 7) is 1.26. The first-order valence-corrected chi connectivity index (χ1v) is 8.37. The zero-order valence-electron chi connectivity index (χ0n) is 14.2. The number of hydrogen-bond acceptors (Lipinski definition) is 4. The van der Waals surface area contributed by atoms with Crippen molar-refractivity contribution in [3.8, 4) is 0 Å². The Morgan fingerprint density at radius 1 is 1.27 bits per heavy atom. The molecule has 1 aliphatic rings. The molecule has 2 heterocycles. The number of carbonyl (C=O) groups is 1. The molecule has 0 bridgehead atoms. The maximum atomic E-state index is 12.9. The molecular weight excluding hydrogens is 364 g/mol. The summed E-state index contributed by atoms with van der Waals surface area (Å²) in [7, 11) is 0. The quantitative estimate of drug-likeness (QED) is 0.830. The van der Waals surface area contributed by atoms with Gasteiger partial charge in [-0.2, -0.15) is 0 Å². The molecule has 0 radical (unpaired) electrons. The van der Waals surface area contributed by atoms with E-state index in [0.717, 1.165) is 36.4 Å². The van der Waals surface area contributed by atoms with Crippen LogP contribution in [0.25, 0.3) is 0 Å². The summed E-state index contributed by atoms with van der Waals surface area (Å²) >= 11 is 0. The SMILES string of the molecule is Cl.O=C(c1cn(C2CCNCC2)nn1)N(Cc1ccccc1)CC(F)F. The van der Waals surface area contributed by atoms with Crippen LogP contribution in [0.3, 0.4) is 0 Å². The molecule has 1 fully saturated rings. The third kappa shape index (κ3) is 5.22. The number of benzene rings is 1. The van der Waals surface area contributed by atoms with Crippen molar-refractivity contribution >= 4 is 18.3 Å². The molecule has 0 unspecified atom stereocenters. The van der Waals surface area contributed by atoms with Crippen LogP contribution in [0.2, 0.25) is 0 Å². The molecule has 2 aromatic rings. The van der Waals surface area contributed by atoms with E-state index in [0.29, 0.717) is 0 Å². The Kier molecular flexibility index (Phi) is 7.47. The number of amides is 1. The van der Waals surface area contributed by atoms with Gasteiger partial charge in [0.1, 0.15) is 0 Å². The molecule has 1 amide bonds. The summed E-state index contributed by atoms with van der Waals surface area (Å²) in [5.74, 6) is -0.524. The van der Waals surface area contributed by atoms with E-state index in [4.69, 9.17) is 0 Å². The van der Waals surface area contributed by atoms with Crippen molar-refractivity contribution in [2.24, 2.45) is 0 Å². The lowest BCUT2D eigenvalue weighted by Crippen LogP contribution is -2.35. The molecule has 142 valence electrons. The third-order valence-electron chi connectivity index (χ3n) is 4.27. The second-order valence-electron chi connectivity index (χ2n) is 6.13. The number of rotatable bonds is 6. The van der Waals surface area contributed by atoms with Gasteiger partial charge in [-0.25, -0.2) is 13.5 Å². The average molecular weight is 386 g/mol. The van der Waals surface area contributed by atoms with Gasteiger partial charge in [0.15, 0.2) is 5.69 Å². The number of halogens is 3. The van der Waals surface area contributed by atoms with Crippen molar-refractivity contribution in [2.75, 3.05) is 19.6 Å². The maximum absolute atomic E-state index is 12.9. The van der Waals surface area contributed by atoms with Gasteiger partial charge in [0, 0.05) is 6.54 Å². The van der Waals surface area contributed by atoms with Crippen LogP contribution in [0.15, 0.2) is 36.5 Å². The highest BCUT2D eigenvalue weighted by atomic mass is 35.5. The lowest BCUT2D eigenvalue weighted by Gasteiger charge is -2.22. The van der Waals surface area contributed by atoms with Gasteiger partial charge in [-0.1, -0.05) is 35.5 Å². The van der Waals surface area contributed by atoms with Crippen LogP contribution >= 0.6 is 12.4 Å². The standard InChI is InChI=1S/C17H21F2N5O.ClH/c18-16(19)12-23(10-13-4-2-1-3-5-13)17(25)15-11-24(22-21-15)14-6-8-20-9-7-14;/h1-5,11,14,16,20H,6-10,12H2;1H. The van der Waals surface area contributed by atoms with Gasteiger partial charge in [-0.15, -0.1) is 17.5 Å². The number of piperidine rings is 1. The minimum Gasteiger partial charge on any atom is -0.327 e. The van der Waals surface area contributed by atoms with Gasteiger partial charge in [0.2, 0.25) is 0 Å². The van der Waals surface area contributed by atoms with E-state index >= 15 is 0 Å². The fourth-order valence-corrected chi connectivity index (χ4v) is 2.98. The van der Waals surface area contributed by atoms with Crippen LogP contribution in [0, 0.1) is 0 Å². The Morgan fingerprint density at radius 2 is 1.96 bits per heavy atom. The second-order valence-corrected chi connectivity index (χ2v) is 6.13. The number of hydrogen-bond donors (Lipinski definition) is 1. The van der Waals surface area contributed by atoms with Crippen LogP contribution in [-0.2, 0) is 6.54 Å². The van der Waals surface area contributed by atoms with Crippen molar-refractivity contribution in [1.29, 1.82) is 0 Å². The van der Waals surface area contributed by atoms with Crippen LogP contribution in [0.5, 0.6) is 0 Å². The lowest BCUT2D eigenvalue weighted by atomic mass is 10.1. The Bertz CT molecular complexity index is 691. The molecule has 0 spiro atoms. The van der Waals surface area contributed by atoms with Gasteiger partial charge in [-0.3, -0.25) is 4.79 Å². The smallest absolute Gasteiger partial charge is 0.276 e. The fraction of sp³-hybridized carbons (Fsp3) is 0.471. The number of nitrogens with one attached hydrogen (secondary N) is 1. The molecule has 3 rings (SSSR count). The predicted molar refractivity (Wildman–Crippen MR) is 95.6 cm³/mol. The monoisotopic (exact) mass is 385 g/mol. The van der Waals surface area contributed by atoms with Crippen LogP contribution < -0.4 is 5.32 Å². The average Bonchev–Trinajstić information content (AvgIpc) is 3.12. The zero-order chi connectivity index (χ0) is 17.6. The van der Waals surface area contributed by atoms with E-state index in [9.17, 15) is 13.6 Å². The van der Waals surface area contributed by atoms with E-state index in [1.807, 2.05) is 18.2 Å². The van der Waals surface area contributed by atoms with E-state index in [1.165, 1.54) is 0 Å². The van der Waals surface area contributed by atoms with E-state index < -0.39 is 18.9 Å². The first kappa shape index (κ1) is 20.3. The Balaban J connectivity index is 0.00000243. The van der Waals surface area contributed by atoms with Crippen molar-refractivity contribution in [3.63, 3.8) is 0 Å². The van der Waals surface area contributed by atoms with E-state index in [1.54, 1.807) is 23.0 Å². The Labute approximate surface area is 157 Å². The molecule has 6 nitrogen and oxygen atoms in total. The highest BCUT2D eigenvalue weighted by molar-refractivity contribution is 5.91. The number of alkyl halides is 2. The third-order valence-corrected chi connectivity index (χ3v) is 4.27. The molecule has 1 aromatic carbocycles. The molecule has 1 saturated heterocycles. The molecule has 1 aromatic heterocycles. The number of carbonyl (C=O) groups excluding carboxylic acids is 1. The van der Waals surface area contributed by atoms with Crippen LogP contribution in [0.1, 0.15) is 34.9 Å². The van der Waals surface area contributed by atoms with Crippen molar-refractivity contribution in [1.82, 2.24) is 25.2 Å². The maximum Gasteiger partial charge on any atom is 0.276 e. The molecule has 26 heavy (non-hydrogen) atoms. The minimum atomic E-state index is -2.60. The topological polar surface area (TPSA) is 63.1 Å². The summed E-state index contributed by atoms with van der Waals surface area (Å²) in [5, 5.41) is 11.2. The first-order chi connectivity index (χ1) is 12.1. The molecule has 0 atom stereocenters. The molecule has 0 aliphatic carbocycles. The Morgan fingerprint density at radius 3 is 2.62 bits per heavy atom. The molecular formula is C17H22ClF2N5O. The molecule has 1 aliphatic heterocycles. The predicted octanol–water partition coefficient (Wildman–Crippen LogP) is 2.53. The van der Waals surface area contributed by atoms with E-state index in [-0.39, 0.29) is 30.7 Å². The summed E-state index contributed by atoms with van der Waals surface area (Å²) < 4.78 is 27.5. The summed E-state index contributed by atoms with van der Waals surface area (Å²) in [5.41, 5.74) is 0.900. The highest BCUT2D eigenvalue weighted by Crippen LogP contribution is 2.18. The zero-order valence-corrected chi connectivity index (χ0v) is 15.0. The van der Waals surface area contributed by atoms with Gasteiger partial charge < -0.3 is 10.2 Å². The second kappa shape index (κ2) is 9.59.